The number of aliphatic imine (C=N–C) groups is 1. The number of nitrogens with one attached hydrogen (secondary N) is 1. The largest absolute Gasteiger partial charge is 0.463 e. The van der Waals surface area contributed by atoms with Crippen molar-refractivity contribution < 1.29 is 14.3 Å². The molecule has 0 saturated carbocycles. The molecule has 5 rings (SSSR count). The molecule has 216 valence electrons. The van der Waals surface area contributed by atoms with Crippen molar-refractivity contribution in [1.82, 2.24) is 19.9 Å². The SMILES string of the molecule is CCOC(=O)C1=C(c2ccc(-n3c(C)nc4cnccc43)cc2)N=C(C)C(C(=O)NC(C)(C)C)C1c1ccccc1Cl. The lowest BCUT2D eigenvalue weighted by Gasteiger charge is -2.35. The van der Waals surface area contributed by atoms with Gasteiger partial charge in [0, 0.05) is 39.6 Å². The number of pyridine rings is 1. The number of ether oxygens (including phenoxy) is 1. The van der Waals surface area contributed by atoms with Crippen molar-refractivity contribution in [2.75, 3.05) is 6.61 Å². The van der Waals surface area contributed by atoms with Crippen molar-refractivity contribution in [3.8, 4) is 5.69 Å². The summed E-state index contributed by atoms with van der Waals surface area (Å²) in [6, 6.07) is 17.0. The Hall–Kier alpha value is -4.30. The molecule has 8 nitrogen and oxygen atoms in total. The number of fused-ring (bicyclic) bond motifs is 1. The lowest BCUT2D eigenvalue weighted by Crippen LogP contribution is -2.48. The van der Waals surface area contributed by atoms with Crippen LogP contribution in [0.15, 0.2) is 77.6 Å². The van der Waals surface area contributed by atoms with Gasteiger partial charge in [-0.2, -0.15) is 0 Å². The second-order valence-corrected chi connectivity index (χ2v) is 11.8. The van der Waals surface area contributed by atoms with Crippen LogP contribution in [0.5, 0.6) is 0 Å². The van der Waals surface area contributed by atoms with Gasteiger partial charge in [0.2, 0.25) is 5.91 Å². The molecular formula is C33H34ClN5O3. The Morgan fingerprint density at radius 2 is 1.76 bits per heavy atom. The quantitative estimate of drug-likeness (QED) is 0.263. The summed E-state index contributed by atoms with van der Waals surface area (Å²) in [6.07, 6.45) is 3.48. The third kappa shape index (κ3) is 5.59. The van der Waals surface area contributed by atoms with Gasteiger partial charge in [-0.1, -0.05) is 41.9 Å². The van der Waals surface area contributed by atoms with Crippen molar-refractivity contribution in [2.24, 2.45) is 10.9 Å². The number of carbonyl (C=O) groups excluding carboxylic acids is 2. The molecule has 2 atom stereocenters. The summed E-state index contributed by atoms with van der Waals surface area (Å²) >= 11 is 6.73. The van der Waals surface area contributed by atoms with Gasteiger partial charge in [-0.15, -0.1) is 0 Å². The number of aromatic nitrogens is 3. The van der Waals surface area contributed by atoms with Gasteiger partial charge in [0.15, 0.2) is 0 Å². The molecule has 1 N–H and O–H groups in total. The Bertz CT molecular complexity index is 1730. The second kappa shape index (κ2) is 11.5. The summed E-state index contributed by atoms with van der Waals surface area (Å²) in [5, 5.41) is 3.53. The number of carbonyl (C=O) groups is 2. The van der Waals surface area contributed by atoms with E-state index in [4.69, 9.17) is 21.3 Å². The molecule has 9 heteroatoms. The summed E-state index contributed by atoms with van der Waals surface area (Å²) in [5.41, 5.74) is 4.89. The molecule has 42 heavy (non-hydrogen) atoms. The van der Waals surface area contributed by atoms with Crippen LogP contribution in [-0.4, -0.2) is 44.3 Å². The molecule has 1 aliphatic heterocycles. The molecule has 0 saturated heterocycles. The molecule has 1 amide bonds. The zero-order valence-electron chi connectivity index (χ0n) is 24.6. The second-order valence-electron chi connectivity index (χ2n) is 11.4. The zero-order valence-corrected chi connectivity index (χ0v) is 25.4. The summed E-state index contributed by atoms with van der Waals surface area (Å²) in [5.74, 6) is -1.41. The van der Waals surface area contributed by atoms with Gasteiger partial charge in [0.25, 0.3) is 0 Å². The fraction of sp³-hybridized carbons (Fsp3) is 0.303. The standard InChI is InChI=1S/C33H34ClN5O3/c1-7-42-32(41)29-28(23-10-8-9-11-24(23)34)27(31(40)38-33(4,5)6)19(2)36-30(29)21-12-14-22(15-13-21)39-20(3)37-25-18-35-17-16-26(25)39/h8-18,27-28H,7H2,1-6H3,(H,38,40). The Labute approximate surface area is 250 Å². The van der Waals surface area contributed by atoms with E-state index in [1.54, 1.807) is 25.4 Å². The molecular weight excluding hydrogens is 550 g/mol. The third-order valence-electron chi connectivity index (χ3n) is 7.18. The number of rotatable bonds is 6. The lowest BCUT2D eigenvalue weighted by molar-refractivity contribution is -0.139. The van der Waals surface area contributed by atoms with E-state index >= 15 is 0 Å². The van der Waals surface area contributed by atoms with Crippen LogP contribution in [0.1, 0.15) is 57.5 Å². The van der Waals surface area contributed by atoms with Crippen molar-refractivity contribution in [2.45, 2.75) is 53.0 Å². The third-order valence-corrected chi connectivity index (χ3v) is 7.52. The van der Waals surface area contributed by atoms with Crippen LogP contribution in [0.4, 0.5) is 0 Å². The number of hydrogen-bond donors (Lipinski definition) is 1. The van der Waals surface area contributed by atoms with E-state index in [1.165, 1.54) is 0 Å². The van der Waals surface area contributed by atoms with Crippen molar-refractivity contribution in [3.05, 3.63) is 94.5 Å². The maximum Gasteiger partial charge on any atom is 0.336 e. The molecule has 2 aromatic heterocycles. The average Bonchev–Trinajstić information content (AvgIpc) is 3.27. The number of amides is 1. The topological polar surface area (TPSA) is 98.5 Å². The molecule has 0 fully saturated rings. The Kier molecular flexibility index (Phi) is 8.01. The van der Waals surface area contributed by atoms with Crippen LogP contribution < -0.4 is 5.32 Å². The molecule has 0 bridgehead atoms. The van der Waals surface area contributed by atoms with Gasteiger partial charge < -0.3 is 10.1 Å². The van der Waals surface area contributed by atoms with Crippen LogP contribution in [-0.2, 0) is 14.3 Å². The van der Waals surface area contributed by atoms with Crippen LogP contribution in [0.2, 0.25) is 5.02 Å². The van der Waals surface area contributed by atoms with Gasteiger partial charge >= 0.3 is 5.97 Å². The van der Waals surface area contributed by atoms with Crippen molar-refractivity contribution in [1.29, 1.82) is 0 Å². The smallest absolute Gasteiger partial charge is 0.336 e. The van der Waals surface area contributed by atoms with Gasteiger partial charge in [0.05, 0.1) is 35.5 Å². The molecule has 2 aromatic carbocycles. The normalized spacial score (nSPS) is 17.3. The summed E-state index contributed by atoms with van der Waals surface area (Å²) in [4.78, 5) is 41.2. The highest BCUT2D eigenvalue weighted by molar-refractivity contribution is 6.31. The molecule has 0 radical (unpaired) electrons. The van der Waals surface area contributed by atoms with Crippen LogP contribution in [0.25, 0.3) is 22.4 Å². The van der Waals surface area contributed by atoms with Gasteiger partial charge in [-0.3, -0.25) is 19.3 Å². The maximum absolute atomic E-state index is 13.8. The lowest BCUT2D eigenvalue weighted by atomic mass is 9.74. The number of esters is 1. The highest BCUT2D eigenvalue weighted by Crippen LogP contribution is 2.45. The van der Waals surface area contributed by atoms with Crippen molar-refractivity contribution >= 4 is 45.9 Å². The molecule has 2 unspecified atom stereocenters. The molecule has 0 aliphatic carbocycles. The van der Waals surface area contributed by atoms with E-state index < -0.39 is 23.3 Å². The van der Waals surface area contributed by atoms with Crippen molar-refractivity contribution in [3.63, 3.8) is 0 Å². The highest BCUT2D eigenvalue weighted by atomic mass is 35.5. The Balaban J connectivity index is 1.69. The van der Waals surface area contributed by atoms with E-state index in [9.17, 15) is 9.59 Å². The van der Waals surface area contributed by atoms with Crippen LogP contribution in [0, 0.1) is 12.8 Å². The fourth-order valence-corrected chi connectivity index (χ4v) is 5.76. The minimum absolute atomic E-state index is 0.174. The number of halogens is 1. The van der Waals surface area contributed by atoms with Gasteiger partial charge in [-0.05, 0) is 71.4 Å². The summed E-state index contributed by atoms with van der Waals surface area (Å²) < 4.78 is 7.63. The van der Waals surface area contributed by atoms with Gasteiger partial charge in [-0.25, -0.2) is 9.78 Å². The first-order chi connectivity index (χ1) is 20.0. The van der Waals surface area contributed by atoms with Gasteiger partial charge in [0.1, 0.15) is 11.3 Å². The number of imidazole rings is 1. The summed E-state index contributed by atoms with van der Waals surface area (Å²) in [7, 11) is 0. The zero-order chi connectivity index (χ0) is 30.2. The predicted octanol–water partition coefficient (Wildman–Crippen LogP) is 6.45. The first-order valence-corrected chi connectivity index (χ1v) is 14.3. The number of nitrogens with zero attached hydrogens (tertiary/aromatic N) is 4. The first-order valence-electron chi connectivity index (χ1n) is 13.9. The van der Waals surface area contributed by atoms with E-state index in [0.29, 0.717) is 27.6 Å². The van der Waals surface area contributed by atoms with E-state index in [0.717, 1.165) is 28.1 Å². The minimum atomic E-state index is -0.764. The summed E-state index contributed by atoms with van der Waals surface area (Å²) in [6.45, 7) is 11.5. The average molecular weight is 584 g/mol. The minimum Gasteiger partial charge on any atom is -0.463 e. The first kappa shape index (κ1) is 29.2. The van der Waals surface area contributed by atoms with Crippen LogP contribution >= 0.6 is 11.6 Å². The van der Waals surface area contributed by atoms with Crippen LogP contribution in [0.3, 0.4) is 0 Å². The Morgan fingerprint density at radius 1 is 1.05 bits per heavy atom. The molecule has 4 aromatic rings. The van der Waals surface area contributed by atoms with E-state index in [2.05, 4.69) is 19.9 Å². The molecule has 1 aliphatic rings. The molecule has 0 spiro atoms. The van der Waals surface area contributed by atoms with E-state index in [1.807, 2.05) is 83.1 Å². The predicted molar refractivity (Wildman–Crippen MR) is 166 cm³/mol. The highest BCUT2D eigenvalue weighted by Gasteiger charge is 2.44. The fourth-order valence-electron chi connectivity index (χ4n) is 5.51. The number of benzene rings is 2. The Morgan fingerprint density at radius 3 is 2.43 bits per heavy atom. The van der Waals surface area contributed by atoms with E-state index in [-0.39, 0.29) is 12.5 Å². The maximum atomic E-state index is 13.8. The number of aryl methyl sites for hydroxylation is 1. The molecule has 3 heterocycles. The number of hydrogen-bond acceptors (Lipinski definition) is 6. The monoisotopic (exact) mass is 583 g/mol.